The third-order valence-corrected chi connectivity index (χ3v) is 16.9. The van der Waals surface area contributed by atoms with Crippen LogP contribution in [-0.4, -0.2) is 28.1 Å². The molecule has 0 saturated heterocycles. The summed E-state index contributed by atoms with van der Waals surface area (Å²) in [6.45, 7) is 4.89. The van der Waals surface area contributed by atoms with Crippen molar-refractivity contribution in [2.75, 3.05) is 0 Å². The van der Waals surface area contributed by atoms with Gasteiger partial charge in [0.15, 0.2) is 0 Å². The number of allylic oxidation sites excluding steroid dienone is 1. The van der Waals surface area contributed by atoms with E-state index in [9.17, 15) is 0 Å². The van der Waals surface area contributed by atoms with Gasteiger partial charge in [-0.15, -0.1) is 0 Å². The lowest BCUT2D eigenvalue weighted by Gasteiger charge is -2.40. The van der Waals surface area contributed by atoms with Gasteiger partial charge in [0.05, 0.1) is 0 Å². The molecule has 0 aromatic rings. The van der Waals surface area contributed by atoms with Gasteiger partial charge < -0.3 is 0 Å². The van der Waals surface area contributed by atoms with Crippen LogP contribution in [0.1, 0.15) is 155 Å². The average molecular weight is 504 g/mol. The fraction of sp³-hybridized carbons (Fsp3) is 0.903. The van der Waals surface area contributed by atoms with Gasteiger partial charge in [-0.25, -0.2) is 0 Å². The van der Waals surface area contributed by atoms with Crippen LogP contribution in [0.4, 0.5) is 0 Å². The van der Waals surface area contributed by atoms with Crippen LogP contribution < -0.4 is 0 Å². The number of rotatable bonds is 9. The lowest BCUT2D eigenvalue weighted by molar-refractivity contribution is 0.485. The van der Waals surface area contributed by atoms with Crippen LogP contribution in [-0.2, 0) is 0 Å². The van der Waals surface area contributed by atoms with Gasteiger partial charge in [-0.1, -0.05) is 107 Å². The highest BCUT2D eigenvalue weighted by atomic mass is 31.1. The maximum Gasteiger partial charge on any atom is 0.0411 e. The zero-order chi connectivity index (χ0) is 23.6. The molecule has 0 spiro atoms. The van der Waals surface area contributed by atoms with Crippen LogP contribution in [0.3, 0.4) is 0 Å². The summed E-state index contributed by atoms with van der Waals surface area (Å²) >= 11 is 0. The first kappa shape index (κ1) is 27.3. The molecule has 0 amide bonds. The summed E-state index contributed by atoms with van der Waals surface area (Å²) in [5, 5.41) is 1.81. The van der Waals surface area contributed by atoms with Crippen LogP contribution in [0.15, 0.2) is 16.5 Å². The molecule has 4 aliphatic carbocycles. The van der Waals surface area contributed by atoms with E-state index in [0.717, 1.165) is 22.6 Å². The molecule has 0 N–H and O–H groups in total. The van der Waals surface area contributed by atoms with Crippen LogP contribution >= 0.6 is 15.8 Å². The van der Waals surface area contributed by atoms with Crippen molar-refractivity contribution >= 4 is 21.3 Å². The molecule has 1 nitrogen and oxygen atoms in total. The second-order valence-electron chi connectivity index (χ2n) is 11.9. The van der Waals surface area contributed by atoms with Crippen molar-refractivity contribution in [1.82, 2.24) is 0 Å². The summed E-state index contributed by atoms with van der Waals surface area (Å²) < 4.78 is 0. The largest absolute Gasteiger partial charge is 0.261 e. The summed E-state index contributed by atoms with van der Waals surface area (Å²) in [5.74, 6) is 0. The third-order valence-electron chi connectivity index (χ3n) is 9.54. The maximum atomic E-state index is 5.57. The van der Waals surface area contributed by atoms with Crippen molar-refractivity contribution in [2.24, 2.45) is 4.99 Å². The van der Waals surface area contributed by atoms with E-state index in [0.29, 0.717) is 0 Å². The minimum atomic E-state index is -0.0318. The van der Waals surface area contributed by atoms with E-state index >= 15 is 0 Å². The van der Waals surface area contributed by atoms with Crippen molar-refractivity contribution in [3.05, 3.63) is 11.5 Å². The Morgan fingerprint density at radius 1 is 0.529 bits per heavy atom. The van der Waals surface area contributed by atoms with Gasteiger partial charge in [-0.3, -0.25) is 4.99 Å². The smallest absolute Gasteiger partial charge is 0.0411 e. The summed E-state index contributed by atoms with van der Waals surface area (Å²) in [6.07, 6.45) is 34.9. The zero-order valence-corrected chi connectivity index (χ0v) is 24.6. The quantitative estimate of drug-likeness (QED) is 0.219. The summed E-state index contributed by atoms with van der Waals surface area (Å²) in [7, 11) is -0.0150. The van der Waals surface area contributed by atoms with Crippen molar-refractivity contribution in [3.8, 4) is 0 Å². The number of nitrogens with zero attached hydrogens (tertiary/aromatic N) is 1. The first-order valence-corrected chi connectivity index (χ1v) is 18.6. The molecule has 4 fully saturated rings. The predicted molar refractivity (Wildman–Crippen MR) is 157 cm³/mol. The predicted octanol–water partition coefficient (Wildman–Crippen LogP) is 11.3. The molecule has 4 aliphatic rings. The minimum absolute atomic E-state index is 0.0168. The van der Waals surface area contributed by atoms with Crippen LogP contribution in [0.5, 0.6) is 0 Å². The molecule has 0 aromatic carbocycles. The van der Waals surface area contributed by atoms with E-state index in [2.05, 4.69) is 20.0 Å². The highest BCUT2D eigenvalue weighted by molar-refractivity contribution is 7.76. The highest BCUT2D eigenvalue weighted by Crippen LogP contribution is 2.62. The lowest BCUT2D eigenvalue weighted by atomic mass is 9.99. The molecule has 4 saturated carbocycles. The monoisotopic (exact) mass is 503 g/mol. The fourth-order valence-electron chi connectivity index (χ4n) is 7.75. The standard InChI is InChI=1S/C31H55NP2/c1-3-26(33(27-17-9-5-10-18-27)28-19-11-6-12-20-28)25-32-31(4-2)34(29-21-13-7-14-22-29)30-23-15-8-16-24-30/h25,27-30H,3-24H2,1-2H3/b26-25-,32-31?. The van der Waals surface area contributed by atoms with E-state index in [1.807, 2.05) is 5.31 Å². The average Bonchev–Trinajstić information content (AvgIpc) is 2.92. The lowest BCUT2D eigenvalue weighted by Crippen LogP contribution is -2.24. The van der Waals surface area contributed by atoms with Crippen LogP contribution in [0.2, 0.25) is 0 Å². The van der Waals surface area contributed by atoms with Crippen LogP contribution in [0, 0.1) is 0 Å². The molecule has 0 bridgehead atoms. The molecule has 0 atom stereocenters. The Morgan fingerprint density at radius 3 is 1.21 bits per heavy atom. The molecule has 0 heterocycles. The van der Waals surface area contributed by atoms with Gasteiger partial charge in [0.1, 0.15) is 0 Å². The van der Waals surface area contributed by atoms with E-state index in [1.165, 1.54) is 141 Å². The summed E-state index contributed by atoms with van der Waals surface area (Å²) in [4.78, 5) is 5.57. The first-order valence-electron chi connectivity index (χ1n) is 15.6. The molecular formula is C31H55NP2. The van der Waals surface area contributed by atoms with Gasteiger partial charge >= 0.3 is 0 Å². The van der Waals surface area contributed by atoms with Gasteiger partial charge in [-0.05, 0) is 92.2 Å². The SMILES string of the molecule is CCC(=N/C=C(/CC)P(C1CCCCC1)C1CCCCC1)P(C1CCCCC1)C1CCCCC1. The first-order chi connectivity index (χ1) is 16.8. The van der Waals surface area contributed by atoms with E-state index in [4.69, 9.17) is 4.99 Å². The van der Waals surface area contributed by atoms with Gasteiger partial charge in [-0.2, -0.15) is 0 Å². The molecule has 4 rings (SSSR count). The molecular weight excluding hydrogens is 448 g/mol. The van der Waals surface area contributed by atoms with Crippen LogP contribution in [0.25, 0.3) is 0 Å². The van der Waals surface area contributed by atoms with E-state index in [1.54, 1.807) is 5.45 Å². The minimum Gasteiger partial charge on any atom is -0.261 e. The normalized spacial score (nSPS) is 26.0. The van der Waals surface area contributed by atoms with Gasteiger partial charge in [0, 0.05) is 11.7 Å². The zero-order valence-electron chi connectivity index (χ0n) is 22.8. The van der Waals surface area contributed by atoms with E-state index < -0.39 is 0 Å². The Balaban J connectivity index is 1.60. The second kappa shape index (κ2) is 14.9. The molecule has 0 radical (unpaired) electrons. The van der Waals surface area contributed by atoms with Gasteiger partial charge in [0.25, 0.3) is 0 Å². The third kappa shape index (κ3) is 7.41. The molecule has 0 unspecified atom stereocenters. The Labute approximate surface area is 215 Å². The van der Waals surface area contributed by atoms with Crippen molar-refractivity contribution in [2.45, 2.75) is 178 Å². The van der Waals surface area contributed by atoms with E-state index in [-0.39, 0.29) is 15.8 Å². The maximum absolute atomic E-state index is 5.57. The molecule has 3 heteroatoms. The number of hydrogen-bond donors (Lipinski definition) is 0. The highest BCUT2D eigenvalue weighted by Gasteiger charge is 2.35. The number of hydrogen-bond acceptors (Lipinski definition) is 1. The van der Waals surface area contributed by atoms with Crippen molar-refractivity contribution in [1.29, 1.82) is 0 Å². The van der Waals surface area contributed by atoms with Gasteiger partial charge in [0.2, 0.25) is 0 Å². The molecule has 34 heavy (non-hydrogen) atoms. The topological polar surface area (TPSA) is 12.4 Å². The molecule has 0 aliphatic heterocycles. The Bertz CT molecular complexity index is 540. The Hall–Kier alpha value is 0.270. The summed E-state index contributed by atoms with van der Waals surface area (Å²) in [6, 6.07) is 0. The van der Waals surface area contributed by atoms with Crippen molar-refractivity contribution in [3.63, 3.8) is 0 Å². The Kier molecular flexibility index (Phi) is 11.9. The Morgan fingerprint density at radius 2 is 0.882 bits per heavy atom. The molecule has 194 valence electrons. The second-order valence-corrected chi connectivity index (χ2v) is 17.5. The molecule has 0 aromatic heterocycles. The number of aliphatic imine (C=N–C) groups is 1. The summed E-state index contributed by atoms with van der Waals surface area (Å²) in [5.41, 5.74) is 5.67. The fourth-order valence-corrected chi connectivity index (χ4v) is 15.5. The van der Waals surface area contributed by atoms with Crippen molar-refractivity contribution < 1.29 is 0 Å².